The first-order chi connectivity index (χ1) is 17.2. The summed E-state index contributed by atoms with van der Waals surface area (Å²) in [6, 6.07) is 9.21. The van der Waals surface area contributed by atoms with Gasteiger partial charge in [-0.3, -0.25) is 9.69 Å². The number of ether oxygens (including phenoxy) is 2. The molecule has 1 fully saturated rings. The predicted molar refractivity (Wildman–Crippen MR) is 134 cm³/mol. The van der Waals surface area contributed by atoms with Crippen LogP contribution in [-0.2, 0) is 4.79 Å². The molecule has 1 saturated carbocycles. The molecule has 1 aliphatic rings. The zero-order chi connectivity index (χ0) is 26.8. The first-order valence-corrected chi connectivity index (χ1v) is 12.1. The average molecular weight is 508 g/mol. The molecule has 2 unspecified atom stereocenters. The lowest BCUT2D eigenvalue weighted by atomic mass is 9.84. The van der Waals surface area contributed by atoms with Gasteiger partial charge in [0.05, 0.1) is 13.0 Å². The number of hydrogen-bond donors (Lipinski definition) is 2. The number of pyridine rings is 1. The average Bonchev–Trinajstić information content (AvgIpc) is 2.86. The summed E-state index contributed by atoms with van der Waals surface area (Å²) in [5.41, 5.74) is 1.50. The molecule has 1 aromatic carbocycles. The molecular weight excluding hydrogens is 472 g/mol. The van der Waals surface area contributed by atoms with Crippen molar-refractivity contribution in [2.24, 2.45) is 5.92 Å². The number of nitrogens with one attached hydrogen (secondary N) is 1. The summed E-state index contributed by atoms with van der Waals surface area (Å²) in [4.78, 5) is 30.7. The van der Waals surface area contributed by atoms with Gasteiger partial charge in [0.25, 0.3) is 0 Å². The van der Waals surface area contributed by atoms with Gasteiger partial charge in [0, 0.05) is 17.8 Å². The molecule has 8 nitrogen and oxygen atoms in total. The fourth-order valence-electron chi connectivity index (χ4n) is 4.27. The molecule has 0 aliphatic heterocycles. The van der Waals surface area contributed by atoms with Crippen molar-refractivity contribution < 1.29 is 33.0 Å². The van der Waals surface area contributed by atoms with E-state index < -0.39 is 30.4 Å². The van der Waals surface area contributed by atoms with Crippen LogP contribution in [0.15, 0.2) is 36.4 Å². The normalized spacial score (nSPS) is 17.1. The number of amides is 2. The van der Waals surface area contributed by atoms with Crippen molar-refractivity contribution >= 4 is 23.4 Å². The van der Waals surface area contributed by atoms with E-state index in [0.29, 0.717) is 24.9 Å². The monoisotopic (exact) mass is 507 g/mol. The Hall–Kier alpha value is -3.43. The lowest BCUT2D eigenvalue weighted by molar-refractivity contribution is -0.142. The van der Waals surface area contributed by atoms with Crippen molar-refractivity contribution in [3.8, 4) is 11.8 Å². The molecule has 198 valence electrons. The Bertz CT molecular complexity index is 1020. The standard InChI is InChI=1S/C24H29F2N3O5.C2H6/c1-14(2)17-9-4-5-10-19(17)29(16-8-6-7-15(13-16)22(30)31)24(32)27-18-11-12-20(33-3)28-21(18)34-23(25)26;1-2/h4-5,9-12,14-16,23H,6-8,13H2,1-3H3,(H,27,32)(H,30,31);1-2H3. The van der Waals surface area contributed by atoms with E-state index in [2.05, 4.69) is 15.0 Å². The number of nitrogens with zero attached hydrogens (tertiary/aromatic N) is 2. The first kappa shape index (κ1) is 28.8. The third-order valence-electron chi connectivity index (χ3n) is 5.88. The number of urea groups is 1. The van der Waals surface area contributed by atoms with Crippen LogP contribution in [0.3, 0.4) is 0 Å². The maximum atomic E-state index is 13.6. The Morgan fingerprint density at radius 1 is 1.14 bits per heavy atom. The number of carboxylic acids is 1. The van der Waals surface area contributed by atoms with E-state index in [1.165, 1.54) is 19.2 Å². The van der Waals surface area contributed by atoms with Gasteiger partial charge in [-0.2, -0.15) is 13.8 Å². The number of carboxylic acid groups (broad SMARTS) is 1. The third kappa shape index (κ3) is 7.29. The van der Waals surface area contributed by atoms with E-state index >= 15 is 0 Å². The number of benzene rings is 1. The van der Waals surface area contributed by atoms with Crippen molar-refractivity contribution in [1.29, 1.82) is 0 Å². The molecule has 1 aliphatic carbocycles. The highest BCUT2D eigenvalue weighted by Crippen LogP contribution is 2.36. The van der Waals surface area contributed by atoms with Gasteiger partial charge in [-0.25, -0.2) is 4.79 Å². The fraction of sp³-hybridized carbons (Fsp3) is 0.500. The molecule has 2 amide bonds. The van der Waals surface area contributed by atoms with E-state index in [9.17, 15) is 23.5 Å². The fourth-order valence-corrected chi connectivity index (χ4v) is 4.27. The van der Waals surface area contributed by atoms with Gasteiger partial charge in [0.1, 0.15) is 5.69 Å². The number of rotatable bonds is 8. The third-order valence-corrected chi connectivity index (χ3v) is 5.88. The van der Waals surface area contributed by atoms with E-state index in [1.807, 2.05) is 45.9 Å². The molecule has 36 heavy (non-hydrogen) atoms. The summed E-state index contributed by atoms with van der Waals surface area (Å²) in [6.45, 7) is 4.85. The Balaban J connectivity index is 0.00000222. The Morgan fingerprint density at radius 2 is 1.83 bits per heavy atom. The van der Waals surface area contributed by atoms with Crippen molar-refractivity contribution in [3.63, 3.8) is 0 Å². The van der Waals surface area contributed by atoms with Crippen molar-refractivity contribution in [2.75, 3.05) is 17.3 Å². The van der Waals surface area contributed by atoms with Crippen molar-refractivity contribution in [3.05, 3.63) is 42.0 Å². The van der Waals surface area contributed by atoms with Gasteiger partial charge in [0.2, 0.25) is 11.8 Å². The van der Waals surface area contributed by atoms with Gasteiger partial charge in [-0.15, -0.1) is 0 Å². The van der Waals surface area contributed by atoms with E-state index in [4.69, 9.17) is 4.74 Å². The van der Waals surface area contributed by atoms with Crippen molar-refractivity contribution in [1.82, 2.24) is 4.98 Å². The smallest absolute Gasteiger partial charge is 0.388 e. The summed E-state index contributed by atoms with van der Waals surface area (Å²) in [5.74, 6) is -1.81. The predicted octanol–water partition coefficient (Wildman–Crippen LogP) is 6.52. The van der Waals surface area contributed by atoms with Gasteiger partial charge in [-0.1, -0.05) is 52.3 Å². The minimum absolute atomic E-state index is 0.0484. The van der Waals surface area contributed by atoms with Gasteiger partial charge >= 0.3 is 18.6 Å². The largest absolute Gasteiger partial charge is 0.481 e. The SMILES string of the molecule is CC.COc1ccc(NC(=O)N(c2ccccc2C(C)C)C2CCCC(C(=O)O)C2)c(OC(F)F)n1. The van der Waals surface area contributed by atoms with Gasteiger partial charge in [0.15, 0.2) is 0 Å². The minimum atomic E-state index is -3.15. The topological polar surface area (TPSA) is 101 Å². The molecule has 2 atom stereocenters. The number of carbonyl (C=O) groups excluding carboxylic acids is 1. The maximum absolute atomic E-state index is 13.6. The summed E-state index contributed by atoms with van der Waals surface area (Å²) in [5, 5.41) is 12.2. The van der Waals surface area contributed by atoms with Crippen LogP contribution in [0.5, 0.6) is 11.8 Å². The minimum Gasteiger partial charge on any atom is -0.481 e. The van der Waals surface area contributed by atoms with Gasteiger partial charge in [-0.05, 0) is 42.9 Å². The van der Waals surface area contributed by atoms with E-state index in [0.717, 1.165) is 5.56 Å². The van der Waals surface area contributed by atoms with Gasteiger partial charge < -0.3 is 19.9 Å². The van der Waals surface area contributed by atoms with Crippen LogP contribution in [0.2, 0.25) is 0 Å². The summed E-state index contributed by atoms with van der Waals surface area (Å²) in [6.07, 6.45) is 2.10. The van der Waals surface area contributed by atoms with E-state index in [-0.39, 0.29) is 29.9 Å². The molecular formula is C26H35F2N3O5. The van der Waals surface area contributed by atoms with Crippen LogP contribution in [0.4, 0.5) is 25.0 Å². The number of halogens is 2. The Labute approximate surface area is 210 Å². The molecule has 0 bridgehead atoms. The highest BCUT2D eigenvalue weighted by Gasteiger charge is 2.35. The van der Waals surface area contributed by atoms with Crippen LogP contribution in [0.1, 0.15) is 64.9 Å². The number of aromatic nitrogens is 1. The lowest BCUT2D eigenvalue weighted by Gasteiger charge is -2.37. The lowest BCUT2D eigenvalue weighted by Crippen LogP contribution is -2.46. The van der Waals surface area contributed by atoms with Crippen LogP contribution >= 0.6 is 0 Å². The second-order valence-electron chi connectivity index (χ2n) is 8.45. The number of hydrogen-bond acceptors (Lipinski definition) is 5. The summed E-state index contributed by atoms with van der Waals surface area (Å²) in [7, 11) is 1.33. The Morgan fingerprint density at radius 3 is 2.44 bits per heavy atom. The second-order valence-corrected chi connectivity index (χ2v) is 8.45. The number of aliphatic carboxylic acids is 1. The van der Waals surface area contributed by atoms with Crippen LogP contribution in [0.25, 0.3) is 0 Å². The maximum Gasteiger partial charge on any atom is 0.388 e. The summed E-state index contributed by atoms with van der Waals surface area (Å²) < 4.78 is 35.4. The zero-order valence-corrected chi connectivity index (χ0v) is 21.3. The molecule has 0 radical (unpaired) electrons. The van der Waals surface area contributed by atoms with Crippen LogP contribution in [-0.4, -0.2) is 41.9 Å². The van der Waals surface area contributed by atoms with E-state index in [1.54, 1.807) is 11.0 Å². The number of methoxy groups -OCH3 is 1. The molecule has 0 saturated heterocycles. The molecule has 3 rings (SSSR count). The quantitative estimate of drug-likeness (QED) is 0.422. The number of para-hydroxylation sites is 1. The second kappa shape index (κ2) is 13.6. The number of anilines is 2. The molecule has 10 heteroatoms. The number of alkyl halides is 2. The summed E-state index contributed by atoms with van der Waals surface area (Å²) >= 11 is 0. The Kier molecular flexibility index (Phi) is 10.9. The van der Waals surface area contributed by atoms with Crippen molar-refractivity contribution in [2.45, 2.75) is 71.9 Å². The first-order valence-electron chi connectivity index (χ1n) is 12.1. The zero-order valence-electron chi connectivity index (χ0n) is 21.3. The van der Waals surface area contributed by atoms with Crippen LogP contribution in [0, 0.1) is 5.92 Å². The molecule has 0 spiro atoms. The van der Waals surface area contributed by atoms with Crippen LogP contribution < -0.4 is 19.7 Å². The number of carbonyl (C=O) groups is 2. The molecule has 1 aromatic heterocycles. The highest BCUT2D eigenvalue weighted by atomic mass is 19.3. The highest BCUT2D eigenvalue weighted by molar-refractivity contribution is 6.03. The molecule has 2 N–H and O–H groups in total. The molecule has 1 heterocycles. The molecule has 2 aromatic rings.